The smallest absolute Gasteiger partial charge is 0.255 e. The molecule has 0 atom stereocenters. The highest BCUT2D eigenvalue weighted by Crippen LogP contribution is 2.23. The van der Waals surface area contributed by atoms with Gasteiger partial charge in [0.05, 0.1) is 14.9 Å². The first-order valence-corrected chi connectivity index (χ1v) is 10.3. The topological polar surface area (TPSA) is 56.9 Å². The zero-order valence-electron chi connectivity index (χ0n) is 15.7. The van der Waals surface area contributed by atoms with Crippen LogP contribution in [0.15, 0.2) is 71.8 Å². The van der Waals surface area contributed by atoms with Crippen LogP contribution >= 0.6 is 22.9 Å². The minimum absolute atomic E-state index is 0.0713. The van der Waals surface area contributed by atoms with E-state index in [2.05, 4.69) is 4.98 Å². The van der Waals surface area contributed by atoms with Crippen molar-refractivity contribution in [2.75, 3.05) is 0 Å². The maximum Gasteiger partial charge on any atom is 0.255 e. The molecule has 3 aromatic heterocycles. The molecular weight excluding hydrogens is 406 g/mol. The number of nitrogens with zero attached hydrogens (tertiary/aromatic N) is 3. The Balaban J connectivity index is 1.50. The van der Waals surface area contributed by atoms with Crippen molar-refractivity contribution < 1.29 is 4.79 Å². The molecule has 0 radical (unpaired) electrons. The number of pyridine rings is 1. The van der Waals surface area contributed by atoms with Gasteiger partial charge in [-0.05, 0) is 55.8 Å². The van der Waals surface area contributed by atoms with E-state index in [1.54, 1.807) is 29.0 Å². The van der Waals surface area contributed by atoms with Crippen LogP contribution in [0.5, 0.6) is 0 Å². The molecular formula is C22H18ClN3O2S. The summed E-state index contributed by atoms with van der Waals surface area (Å²) in [6, 6.07) is 16.3. The third kappa shape index (κ3) is 4.23. The highest BCUT2D eigenvalue weighted by atomic mass is 35.5. The molecule has 4 aromatic rings. The molecule has 0 bridgehead atoms. The largest absolute Gasteiger partial charge is 0.304 e. The Bertz CT molecular complexity index is 1220. The molecule has 0 spiro atoms. The van der Waals surface area contributed by atoms with Gasteiger partial charge in [-0.15, -0.1) is 11.3 Å². The van der Waals surface area contributed by atoms with E-state index in [4.69, 9.17) is 11.6 Å². The SMILES string of the molecule is Cc1nc(CCC(=O)c2ccc(Cl)s2)cn1-c1ccc(-n2ccccc2=O)cc1. The Kier molecular flexibility index (Phi) is 5.47. The normalized spacial score (nSPS) is 11.0. The van der Waals surface area contributed by atoms with Gasteiger partial charge in [0, 0.05) is 36.3 Å². The molecule has 0 aliphatic heterocycles. The molecule has 0 N–H and O–H groups in total. The van der Waals surface area contributed by atoms with Crippen molar-refractivity contribution >= 4 is 28.7 Å². The number of halogens is 1. The summed E-state index contributed by atoms with van der Waals surface area (Å²) in [5.41, 5.74) is 2.54. The third-order valence-electron chi connectivity index (χ3n) is 4.62. The second-order valence-electron chi connectivity index (χ2n) is 6.60. The van der Waals surface area contributed by atoms with Crippen molar-refractivity contribution in [1.82, 2.24) is 14.1 Å². The van der Waals surface area contributed by atoms with Gasteiger partial charge in [-0.3, -0.25) is 14.2 Å². The molecule has 3 heterocycles. The van der Waals surface area contributed by atoms with Gasteiger partial charge in [-0.1, -0.05) is 17.7 Å². The van der Waals surface area contributed by atoms with Crippen LogP contribution in [0, 0.1) is 6.92 Å². The van der Waals surface area contributed by atoms with Crippen LogP contribution < -0.4 is 5.56 Å². The van der Waals surface area contributed by atoms with Crippen LogP contribution in [0.25, 0.3) is 11.4 Å². The minimum Gasteiger partial charge on any atom is -0.304 e. The fourth-order valence-electron chi connectivity index (χ4n) is 3.16. The number of Topliss-reactive ketones (excluding diaryl/α,β-unsaturated/α-hetero) is 1. The number of carbonyl (C=O) groups excluding carboxylic acids is 1. The van der Waals surface area contributed by atoms with E-state index in [0.29, 0.717) is 22.1 Å². The van der Waals surface area contributed by atoms with Crippen LogP contribution in [-0.2, 0) is 6.42 Å². The van der Waals surface area contributed by atoms with Crippen molar-refractivity contribution in [1.29, 1.82) is 0 Å². The molecule has 0 saturated carbocycles. The van der Waals surface area contributed by atoms with Gasteiger partial charge in [0.1, 0.15) is 5.82 Å². The lowest BCUT2D eigenvalue weighted by atomic mass is 10.1. The zero-order valence-corrected chi connectivity index (χ0v) is 17.3. The Morgan fingerprint density at radius 2 is 1.76 bits per heavy atom. The number of ketones is 1. The summed E-state index contributed by atoms with van der Waals surface area (Å²) < 4.78 is 4.20. The van der Waals surface area contributed by atoms with Crippen LogP contribution in [0.2, 0.25) is 4.34 Å². The molecule has 1 aromatic carbocycles. The summed E-state index contributed by atoms with van der Waals surface area (Å²) in [6.45, 7) is 1.93. The monoisotopic (exact) mass is 423 g/mol. The molecule has 0 aliphatic rings. The van der Waals surface area contributed by atoms with Gasteiger partial charge in [0.25, 0.3) is 5.56 Å². The first-order valence-electron chi connectivity index (χ1n) is 9.13. The van der Waals surface area contributed by atoms with Gasteiger partial charge in [0.2, 0.25) is 0 Å². The summed E-state index contributed by atoms with van der Waals surface area (Å²) in [7, 11) is 0. The number of imidazole rings is 1. The maximum absolute atomic E-state index is 12.3. The van der Waals surface area contributed by atoms with Gasteiger partial charge in [-0.2, -0.15) is 0 Å². The quantitative estimate of drug-likeness (QED) is 0.416. The summed E-state index contributed by atoms with van der Waals surface area (Å²) in [5, 5.41) is 0. The van der Waals surface area contributed by atoms with Gasteiger partial charge < -0.3 is 4.57 Å². The van der Waals surface area contributed by atoms with E-state index in [1.165, 1.54) is 17.4 Å². The molecule has 29 heavy (non-hydrogen) atoms. The lowest BCUT2D eigenvalue weighted by Crippen LogP contribution is -2.15. The van der Waals surface area contributed by atoms with Crippen LogP contribution in [-0.4, -0.2) is 19.9 Å². The average Bonchev–Trinajstić information content (AvgIpc) is 3.32. The summed E-state index contributed by atoms with van der Waals surface area (Å²) in [4.78, 5) is 29.5. The van der Waals surface area contributed by atoms with Gasteiger partial charge in [0.15, 0.2) is 5.78 Å². The van der Waals surface area contributed by atoms with Crippen molar-refractivity contribution in [3.8, 4) is 11.4 Å². The van der Waals surface area contributed by atoms with Crippen molar-refractivity contribution in [2.24, 2.45) is 0 Å². The molecule has 5 nitrogen and oxygen atoms in total. The Labute approximate surface area is 176 Å². The highest BCUT2D eigenvalue weighted by molar-refractivity contribution is 7.18. The number of benzene rings is 1. The minimum atomic E-state index is -0.0713. The second kappa shape index (κ2) is 8.19. The number of carbonyl (C=O) groups is 1. The van der Waals surface area contributed by atoms with E-state index < -0.39 is 0 Å². The number of thiophene rings is 1. The fourth-order valence-corrected chi connectivity index (χ4v) is 4.17. The third-order valence-corrected chi connectivity index (χ3v) is 5.89. The van der Waals surface area contributed by atoms with Gasteiger partial charge >= 0.3 is 0 Å². The highest BCUT2D eigenvalue weighted by Gasteiger charge is 2.12. The first kappa shape index (κ1) is 19.4. The average molecular weight is 424 g/mol. The predicted octanol–water partition coefficient (Wildman–Crippen LogP) is 4.86. The predicted molar refractivity (Wildman–Crippen MR) is 116 cm³/mol. The molecule has 4 rings (SSSR count). The molecule has 7 heteroatoms. The lowest BCUT2D eigenvalue weighted by molar-refractivity contribution is 0.0986. The molecule has 0 fully saturated rings. The van der Waals surface area contributed by atoms with Crippen molar-refractivity contribution in [2.45, 2.75) is 19.8 Å². The van der Waals surface area contributed by atoms with Gasteiger partial charge in [-0.25, -0.2) is 4.98 Å². The molecule has 146 valence electrons. The van der Waals surface area contributed by atoms with Crippen LogP contribution in [0.3, 0.4) is 0 Å². The van der Waals surface area contributed by atoms with E-state index in [-0.39, 0.29) is 11.3 Å². The Morgan fingerprint density at radius 1 is 1.03 bits per heavy atom. The second-order valence-corrected chi connectivity index (χ2v) is 8.32. The number of hydrogen-bond acceptors (Lipinski definition) is 4. The summed E-state index contributed by atoms with van der Waals surface area (Å²) in [5.74, 6) is 0.919. The summed E-state index contributed by atoms with van der Waals surface area (Å²) >= 11 is 7.21. The standard InChI is InChI=1S/C22H18ClN3O2S/c1-15-24-16(5-10-19(27)20-11-12-21(23)29-20)14-26(15)18-8-6-17(7-9-18)25-13-3-2-4-22(25)28/h2-4,6-9,11-14H,5,10H2,1H3. The Hall–Kier alpha value is -2.96. The Morgan fingerprint density at radius 3 is 2.41 bits per heavy atom. The van der Waals surface area contributed by atoms with E-state index in [0.717, 1.165) is 22.9 Å². The first-order chi connectivity index (χ1) is 14.0. The molecule has 0 amide bonds. The van der Waals surface area contributed by atoms with Crippen molar-refractivity contribution in [3.63, 3.8) is 0 Å². The molecule has 0 aliphatic carbocycles. The van der Waals surface area contributed by atoms with E-state index in [9.17, 15) is 9.59 Å². The van der Waals surface area contributed by atoms with E-state index >= 15 is 0 Å². The van der Waals surface area contributed by atoms with E-state index in [1.807, 2.05) is 48.0 Å². The molecule has 0 saturated heterocycles. The molecule has 0 unspecified atom stereocenters. The number of aromatic nitrogens is 3. The zero-order chi connectivity index (χ0) is 20.4. The van der Waals surface area contributed by atoms with Crippen molar-refractivity contribution in [3.05, 3.63) is 98.1 Å². The number of hydrogen-bond donors (Lipinski definition) is 0. The maximum atomic E-state index is 12.3. The van der Waals surface area contributed by atoms with Crippen LogP contribution in [0.4, 0.5) is 0 Å². The fraction of sp³-hybridized carbons (Fsp3) is 0.136. The van der Waals surface area contributed by atoms with Crippen LogP contribution in [0.1, 0.15) is 27.6 Å². The number of aryl methyl sites for hydroxylation is 2. The summed E-state index contributed by atoms with van der Waals surface area (Å²) in [6.07, 6.45) is 4.66. The lowest BCUT2D eigenvalue weighted by Gasteiger charge is -2.08. The number of rotatable bonds is 6.